The summed E-state index contributed by atoms with van der Waals surface area (Å²) in [6.07, 6.45) is 0.618. The minimum absolute atomic E-state index is 0. The summed E-state index contributed by atoms with van der Waals surface area (Å²) in [5.41, 5.74) is 0.907. The molecular weight excluding hydrogens is 431 g/mol. The fourth-order valence-corrected chi connectivity index (χ4v) is 3.93. The van der Waals surface area contributed by atoms with Crippen molar-refractivity contribution in [3.63, 3.8) is 0 Å². The number of aliphatic imine (C=N–C) groups is 1. The van der Waals surface area contributed by atoms with E-state index in [2.05, 4.69) is 34.6 Å². The second kappa shape index (κ2) is 8.86. The number of aromatic nitrogens is 1. The van der Waals surface area contributed by atoms with Gasteiger partial charge in [0, 0.05) is 18.7 Å². The minimum atomic E-state index is -2.90. The highest BCUT2D eigenvalue weighted by Crippen LogP contribution is 2.15. The summed E-state index contributed by atoms with van der Waals surface area (Å²) in [6.45, 7) is 7.15. The maximum atomic E-state index is 11.5. The zero-order valence-electron chi connectivity index (χ0n) is 13.7. The number of halogens is 1. The van der Waals surface area contributed by atoms with Gasteiger partial charge in [-0.15, -0.1) is 24.0 Å². The van der Waals surface area contributed by atoms with Gasteiger partial charge in [-0.25, -0.2) is 13.4 Å². The molecule has 9 heteroatoms. The van der Waals surface area contributed by atoms with Crippen LogP contribution in [-0.2, 0) is 16.4 Å². The molecule has 2 heterocycles. The molecule has 2 N–H and O–H groups in total. The average Bonchev–Trinajstić information content (AvgIpc) is 3.03. The smallest absolute Gasteiger partial charge is 0.191 e. The molecular formula is C14H25IN4O3S. The van der Waals surface area contributed by atoms with Crippen LogP contribution in [0.4, 0.5) is 0 Å². The molecule has 0 amide bonds. The van der Waals surface area contributed by atoms with Crippen molar-refractivity contribution in [2.75, 3.05) is 18.1 Å². The minimum Gasteiger partial charge on any atom is -0.359 e. The van der Waals surface area contributed by atoms with E-state index in [0.717, 1.165) is 5.69 Å². The Morgan fingerprint density at radius 3 is 2.78 bits per heavy atom. The molecule has 0 aliphatic carbocycles. The molecule has 132 valence electrons. The van der Waals surface area contributed by atoms with Gasteiger partial charge >= 0.3 is 0 Å². The summed E-state index contributed by atoms with van der Waals surface area (Å²) < 4.78 is 28.3. The molecule has 1 fully saturated rings. The molecule has 7 nitrogen and oxygen atoms in total. The van der Waals surface area contributed by atoms with Crippen molar-refractivity contribution >= 4 is 39.8 Å². The third-order valence-electron chi connectivity index (χ3n) is 3.48. The normalized spacial score (nSPS) is 20.3. The van der Waals surface area contributed by atoms with Crippen LogP contribution in [0, 0.1) is 0 Å². The van der Waals surface area contributed by atoms with Gasteiger partial charge in [0.1, 0.15) is 6.54 Å². The van der Waals surface area contributed by atoms with Crippen LogP contribution in [0.1, 0.15) is 44.6 Å². The van der Waals surface area contributed by atoms with Gasteiger partial charge in [0.15, 0.2) is 21.6 Å². The Labute approximate surface area is 154 Å². The van der Waals surface area contributed by atoms with Crippen LogP contribution in [0.5, 0.6) is 0 Å². The molecule has 1 aromatic heterocycles. The predicted molar refractivity (Wildman–Crippen MR) is 101 cm³/mol. The van der Waals surface area contributed by atoms with Crippen molar-refractivity contribution in [3.05, 3.63) is 17.5 Å². The van der Waals surface area contributed by atoms with Crippen molar-refractivity contribution in [1.82, 2.24) is 15.8 Å². The third kappa shape index (κ3) is 6.28. The number of sulfone groups is 1. The van der Waals surface area contributed by atoms with Gasteiger partial charge in [0.25, 0.3) is 0 Å². The highest BCUT2D eigenvalue weighted by atomic mass is 127. The zero-order chi connectivity index (χ0) is 16.2. The van der Waals surface area contributed by atoms with Crippen LogP contribution in [0.15, 0.2) is 15.6 Å². The Morgan fingerprint density at radius 1 is 1.52 bits per heavy atom. The summed E-state index contributed by atoms with van der Waals surface area (Å²) >= 11 is 0. The van der Waals surface area contributed by atoms with Gasteiger partial charge < -0.3 is 15.2 Å². The standard InChI is InChI=1S/C14H24N4O3S.HI/c1-4-15-14(17-11-5-6-22(19,20)9-11)16-8-12-7-13(10(2)3)18-21-12;/h7,10-11H,4-6,8-9H2,1-3H3,(H2,15,16,17);1H. The molecule has 1 saturated heterocycles. The first kappa shape index (κ1) is 20.2. The van der Waals surface area contributed by atoms with Crippen LogP contribution >= 0.6 is 24.0 Å². The molecule has 1 unspecified atom stereocenters. The Hall–Kier alpha value is -0.840. The lowest BCUT2D eigenvalue weighted by atomic mass is 10.1. The van der Waals surface area contributed by atoms with Gasteiger partial charge in [0.05, 0.1) is 17.2 Å². The van der Waals surface area contributed by atoms with Gasteiger partial charge in [0.2, 0.25) is 0 Å². The van der Waals surface area contributed by atoms with Gasteiger partial charge in [-0.2, -0.15) is 0 Å². The van der Waals surface area contributed by atoms with Crippen LogP contribution in [-0.4, -0.2) is 43.6 Å². The van der Waals surface area contributed by atoms with Crippen molar-refractivity contribution in [1.29, 1.82) is 0 Å². The van der Waals surface area contributed by atoms with E-state index < -0.39 is 9.84 Å². The first-order chi connectivity index (χ1) is 10.4. The number of nitrogens with one attached hydrogen (secondary N) is 2. The van der Waals surface area contributed by atoms with Crippen molar-refractivity contribution in [3.8, 4) is 0 Å². The van der Waals surface area contributed by atoms with E-state index >= 15 is 0 Å². The Kier molecular flexibility index (Phi) is 7.78. The topological polar surface area (TPSA) is 96.6 Å². The average molecular weight is 456 g/mol. The lowest BCUT2D eigenvalue weighted by Gasteiger charge is -2.15. The summed E-state index contributed by atoms with van der Waals surface area (Å²) in [5.74, 6) is 2.02. The van der Waals surface area contributed by atoms with Crippen molar-refractivity contribution in [2.24, 2.45) is 4.99 Å². The van der Waals surface area contributed by atoms with Crippen LogP contribution in [0.2, 0.25) is 0 Å². The van der Waals surface area contributed by atoms with E-state index in [0.29, 0.717) is 37.1 Å². The Balaban J connectivity index is 0.00000264. The molecule has 0 spiro atoms. The number of hydrogen-bond acceptors (Lipinski definition) is 5. The molecule has 0 saturated carbocycles. The van der Waals surface area contributed by atoms with E-state index in [-0.39, 0.29) is 41.5 Å². The molecule has 0 bridgehead atoms. The quantitative estimate of drug-likeness (QED) is 0.398. The van der Waals surface area contributed by atoms with Gasteiger partial charge in [-0.05, 0) is 19.3 Å². The summed E-state index contributed by atoms with van der Waals surface area (Å²) in [7, 11) is -2.90. The Morgan fingerprint density at radius 2 is 2.26 bits per heavy atom. The first-order valence-electron chi connectivity index (χ1n) is 7.60. The number of guanidine groups is 1. The monoisotopic (exact) mass is 456 g/mol. The highest BCUT2D eigenvalue weighted by Gasteiger charge is 2.28. The molecule has 0 aromatic carbocycles. The molecule has 2 rings (SSSR count). The molecule has 1 aromatic rings. The maximum Gasteiger partial charge on any atom is 0.191 e. The van der Waals surface area contributed by atoms with Crippen LogP contribution in [0.3, 0.4) is 0 Å². The molecule has 23 heavy (non-hydrogen) atoms. The molecule has 1 atom stereocenters. The van der Waals surface area contributed by atoms with E-state index in [1.54, 1.807) is 0 Å². The SMILES string of the molecule is CCNC(=NCc1cc(C(C)C)no1)NC1CCS(=O)(=O)C1.I. The third-order valence-corrected chi connectivity index (χ3v) is 5.25. The van der Waals surface area contributed by atoms with Gasteiger partial charge in [-0.1, -0.05) is 19.0 Å². The molecule has 0 radical (unpaired) electrons. The maximum absolute atomic E-state index is 11.5. The number of nitrogens with zero attached hydrogens (tertiary/aromatic N) is 2. The summed E-state index contributed by atoms with van der Waals surface area (Å²) in [5, 5.41) is 10.3. The first-order valence-corrected chi connectivity index (χ1v) is 9.42. The molecule has 1 aliphatic rings. The van der Waals surface area contributed by atoms with E-state index in [4.69, 9.17) is 4.52 Å². The van der Waals surface area contributed by atoms with Gasteiger partial charge in [-0.3, -0.25) is 0 Å². The lowest BCUT2D eigenvalue weighted by Crippen LogP contribution is -2.44. The largest absolute Gasteiger partial charge is 0.359 e. The lowest BCUT2D eigenvalue weighted by molar-refractivity contribution is 0.376. The van der Waals surface area contributed by atoms with Crippen LogP contribution < -0.4 is 10.6 Å². The van der Waals surface area contributed by atoms with Crippen molar-refractivity contribution < 1.29 is 12.9 Å². The Bertz CT molecular complexity index is 628. The fraction of sp³-hybridized carbons (Fsp3) is 0.714. The highest BCUT2D eigenvalue weighted by molar-refractivity contribution is 14.0. The number of hydrogen-bond donors (Lipinski definition) is 2. The van der Waals surface area contributed by atoms with E-state index in [1.807, 2.05) is 13.0 Å². The van der Waals surface area contributed by atoms with Crippen LogP contribution in [0.25, 0.3) is 0 Å². The predicted octanol–water partition coefficient (Wildman–Crippen LogP) is 1.66. The summed E-state index contributed by atoms with van der Waals surface area (Å²) in [6, 6.07) is 1.82. The summed E-state index contributed by atoms with van der Waals surface area (Å²) in [4.78, 5) is 4.43. The zero-order valence-corrected chi connectivity index (χ0v) is 16.9. The second-order valence-electron chi connectivity index (χ2n) is 5.81. The van der Waals surface area contributed by atoms with Crippen molar-refractivity contribution in [2.45, 2.75) is 45.7 Å². The van der Waals surface area contributed by atoms with E-state index in [1.165, 1.54) is 0 Å². The van der Waals surface area contributed by atoms with E-state index in [9.17, 15) is 8.42 Å². The number of rotatable bonds is 5. The second-order valence-corrected chi connectivity index (χ2v) is 8.04. The molecule has 1 aliphatic heterocycles. The fourth-order valence-electron chi connectivity index (χ4n) is 2.25.